The summed E-state index contributed by atoms with van der Waals surface area (Å²) in [6.45, 7) is 0. The lowest BCUT2D eigenvalue weighted by Crippen LogP contribution is -2.10. The number of aromatic nitrogens is 1. The molecular formula is C14H20Cl2N2S. The molecule has 5 heteroatoms. The van der Waals surface area contributed by atoms with Gasteiger partial charge in [0.05, 0.1) is 4.88 Å². The van der Waals surface area contributed by atoms with Gasteiger partial charge in [-0.05, 0) is 24.8 Å². The number of thiazole rings is 1. The maximum absolute atomic E-state index is 6.21. The summed E-state index contributed by atoms with van der Waals surface area (Å²) in [4.78, 5) is 7.38. The molecule has 1 saturated carbocycles. The van der Waals surface area contributed by atoms with Crippen molar-refractivity contribution in [1.82, 2.24) is 4.98 Å². The number of allylic oxidation sites excluding steroid dienone is 1. The van der Waals surface area contributed by atoms with Crippen molar-refractivity contribution in [2.75, 3.05) is 24.9 Å². The molecule has 0 aliphatic heterocycles. The summed E-state index contributed by atoms with van der Waals surface area (Å²) >= 11 is 14.0. The number of nitrogens with zero attached hydrogens (tertiary/aromatic N) is 2. The Morgan fingerprint density at radius 1 is 1.37 bits per heavy atom. The molecule has 19 heavy (non-hydrogen) atoms. The monoisotopic (exact) mass is 318 g/mol. The molecule has 2 rings (SSSR count). The zero-order chi connectivity index (χ0) is 13.8. The molecule has 2 nitrogen and oxygen atoms in total. The molecule has 0 saturated heterocycles. The fourth-order valence-corrected chi connectivity index (χ4v) is 3.94. The first-order chi connectivity index (χ1) is 9.11. The quantitative estimate of drug-likeness (QED) is 0.721. The molecule has 1 heterocycles. The number of halogens is 2. The van der Waals surface area contributed by atoms with Gasteiger partial charge < -0.3 is 4.90 Å². The van der Waals surface area contributed by atoms with Gasteiger partial charge >= 0.3 is 0 Å². The Morgan fingerprint density at radius 3 is 2.58 bits per heavy atom. The topological polar surface area (TPSA) is 16.1 Å². The fraction of sp³-hybridized carbons (Fsp3) is 0.643. The second-order valence-corrected chi connectivity index (χ2v) is 6.87. The van der Waals surface area contributed by atoms with E-state index >= 15 is 0 Å². The van der Waals surface area contributed by atoms with E-state index in [4.69, 9.17) is 23.2 Å². The second kappa shape index (κ2) is 6.96. The van der Waals surface area contributed by atoms with Crippen LogP contribution in [0.2, 0.25) is 5.15 Å². The minimum Gasteiger partial charge on any atom is -0.354 e. The average Bonchev–Trinajstić information content (AvgIpc) is 2.78. The summed E-state index contributed by atoms with van der Waals surface area (Å²) < 4.78 is 0. The van der Waals surface area contributed by atoms with E-state index in [-0.39, 0.29) is 0 Å². The lowest BCUT2D eigenvalue weighted by molar-refractivity contribution is 0.405. The molecule has 1 aliphatic rings. The fourth-order valence-electron chi connectivity index (χ4n) is 2.49. The second-order valence-electron chi connectivity index (χ2n) is 5.23. The minimum atomic E-state index is 0.590. The van der Waals surface area contributed by atoms with Gasteiger partial charge in [-0.2, -0.15) is 0 Å². The van der Waals surface area contributed by atoms with Crippen LogP contribution in [0, 0.1) is 5.92 Å². The van der Waals surface area contributed by atoms with Crippen molar-refractivity contribution in [2.24, 2.45) is 5.92 Å². The Balaban J connectivity index is 2.21. The molecule has 1 aliphatic carbocycles. The van der Waals surface area contributed by atoms with Crippen LogP contribution < -0.4 is 4.90 Å². The summed E-state index contributed by atoms with van der Waals surface area (Å²) in [5.41, 5.74) is 1.32. The Hall–Kier alpha value is -0.250. The maximum atomic E-state index is 6.21. The number of rotatable bonds is 4. The third-order valence-corrected chi connectivity index (χ3v) is 5.46. The van der Waals surface area contributed by atoms with Gasteiger partial charge in [0.15, 0.2) is 5.13 Å². The Labute approximate surface area is 129 Å². The van der Waals surface area contributed by atoms with Crippen LogP contribution in [0.5, 0.6) is 0 Å². The van der Waals surface area contributed by atoms with Crippen LogP contribution >= 0.6 is 34.5 Å². The molecule has 0 atom stereocenters. The summed E-state index contributed by atoms with van der Waals surface area (Å²) in [5.74, 6) is 1.23. The lowest BCUT2D eigenvalue weighted by Gasteiger charge is -2.23. The van der Waals surface area contributed by atoms with Crippen LogP contribution in [-0.4, -0.2) is 25.0 Å². The van der Waals surface area contributed by atoms with Gasteiger partial charge in [0, 0.05) is 20.0 Å². The van der Waals surface area contributed by atoms with E-state index in [1.54, 1.807) is 11.3 Å². The van der Waals surface area contributed by atoms with E-state index in [0.717, 1.165) is 10.0 Å². The first-order valence-corrected chi connectivity index (χ1v) is 8.44. The van der Waals surface area contributed by atoms with Gasteiger partial charge in [0.2, 0.25) is 0 Å². The van der Waals surface area contributed by atoms with Crippen molar-refractivity contribution in [2.45, 2.75) is 32.1 Å². The van der Waals surface area contributed by atoms with Crippen molar-refractivity contribution >= 4 is 45.7 Å². The summed E-state index contributed by atoms with van der Waals surface area (Å²) in [7, 11) is 3.96. The average molecular weight is 319 g/mol. The van der Waals surface area contributed by atoms with Gasteiger partial charge in [-0.25, -0.2) is 4.98 Å². The highest BCUT2D eigenvalue weighted by Crippen LogP contribution is 2.35. The molecule has 0 unspecified atom stereocenters. The van der Waals surface area contributed by atoms with Crippen LogP contribution in [0.15, 0.2) is 5.57 Å². The van der Waals surface area contributed by atoms with Gasteiger partial charge in [-0.15, -0.1) is 11.6 Å². The zero-order valence-corrected chi connectivity index (χ0v) is 13.8. The van der Waals surface area contributed by atoms with Crippen LogP contribution in [0.4, 0.5) is 5.13 Å². The highest BCUT2D eigenvalue weighted by molar-refractivity contribution is 7.17. The summed E-state index contributed by atoms with van der Waals surface area (Å²) in [6.07, 6.45) is 8.68. The number of anilines is 1. The third-order valence-electron chi connectivity index (χ3n) is 3.58. The Bertz CT molecular complexity index is 448. The summed E-state index contributed by atoms with van der Waals surface area (Å²) in [5, 5.41) is 1.53. The van der Waals surface area contributed by atoms with Crippen molar-refractivity contribution < 1.29 is 0 Å². The normalized spacial score (nSPS) is 17.8. The highest BCUT2D eigenvalue weighted by Gasteiger charge is 2.18. The molecule has 0 amide bonds. The lowest BCUT2D eigenvalue weighted by atomic mass is 9.84. The first-order valence-electron chi connectivity index (χ1n) is 6.72. The van der Waals surface area contributed by atoms with Crippen molar-refractivity contribution in [3.8, 4) is 0 Å². The molecule has 0 N–H and O–H groups in total. The third kappa shape index (κ3) is 3.87. The van der Waals surface area contributed by atoms with Gasteiger partial charge in [-0.3, -0.25) is 0 Å². The minimum absolute atomic E-state index is 0.590. The van der Waals surface area contributed by atoms with E-state index in [9.17, 15) is 0 Å². The SMILES string of the molecule is CN(C)c1nc(Cl)c(C=C(CCl)C2CCCCC2)s1. The van der Waals surface area contributed by atoms with Crippen molar-refractivity contribution in [3.63, 3.8) is 0 Å². The molecule has 0 radical (unpaired) electrons. The van der Waals surface area contributed by atoms with Crippen molar-refractivity contribution in [1.29, 1.82) is 0 Å². The van der Waals surface area contributed by atoms with Gasteiger partial charge in [0.1, 0.15) is 5.15 Å². The Morgan fingerprint density at radius 2 is 2.05 bits per heavy atom. The van der Waals surface area contributed by atoms with E-state index in [0.29, 0.717) is 17.0 Å². The van der Waals surface area contributed by atoms with Crippen LogP contribution in [0.25, 0.3) is 6.08 Å². The van der Waals surface area contributed by atoms with Crippen molar-refractivity contribution in [3.05, 3.63) is 15.6 Å². The van der Waals surface area contributed by atoms with Crippen LogP contribution in [0.1, 0.15) is 37.0 Å². The molecule has 1 fully saturated rings. The van der Waals surface area contributed by atoms with Gasteiger partial charge in [-0.1, -0.05) is 47.8 Å². The van der Waals surface area contributed by atoms with E-state index in [1.165, 1.54) is 37.7 Å². The molecule has 0 spiro atoms. The smallest absolute Gasteiger partial charge is 0.186 e. The van der Waals surface area contributed by atoms with Crippen LogP contribution in [0.3, 0.4) is 0 Å². The highest BCUT2D eigenvalue weighted by atomic mass is 35.5. The van der Waals surface area contributed by atoms with E-state index in [2.05, 4.69) is 11.1 Å². The predicted molar refractivity (Wildman–Crippen MR) is 86.7 cm³/mol. The predicted octanol–water partition coefficient (Wildman–Crippen LogP) is 5.07. The molecule has 0 bridgehead atoms. The van der Waals surface area contributed by atoms with E-state index in [1.807, 2.05) is 19.0 Å². The zero-order valence-electron chi connectivity index (χ0n) is 11.5. The Kier molecular flexibility index (Phi) is 5.55. The molecule has 1 aromatic heterocycles. The maximum Gasteiger partial charge on any atom is 0.186 e. The number of hydrogen-bond donors (Lipinski definition) is 0. The molecule has 0 aromatic carbocycles. The largest absolute Gasteiger partial charge is 0.354 e. The van der Waals surface area contributed by atoms with E-state index < -0.39 is 0 Å². The number of hydrogen-bond acceptors (Lipinski definition) is 3. The summed E-state index contributed by atoms with van der Waals surface area (Å²) in [6, 6.07) is 0. The molecular weight excluding hydrogens is 299 g/mol. The standard InChI is InChI=1S/C14H20Cl2N2S/c1-18(2)14-17-13(16)12(19-14)8-11(9-15)10-6-4-3-5-7-10/h8,10H,3-7,9H2,1-2H3. The molecule has 1 aromatic rings. The first kappa shape index (κ1) is 15.1. The van der Waals surface area contributed by atoms with Crippen LogP contribution in [-0.2, 0) is 0 Å². The number of alkyl halides is 1. The van der Waals surface area contributed by atoms with Gasteiger partial charge in [0.25, 0.3) is 0 Å². The molecule has 106 valence electrons.